The third kappa shape index (κ3) is 4.95. The molecule has 8 nitrogen and oxygen atoms in total. The lowest BCUT2D eigenvalue weighted by atomic mass is 10.0. The molecule has 2 aromatic carbocycles. The van der Waals surface area contributed by atoms with Gasteiger partial charge in [0.25, 0.3) is 15.9 Å². The number of aromatic nitrogens is 2. The summed E-state index contributed by atoms with van der Waals surface area (Å²) in [6, 6.07) is 16.9. The Morgan fingerprint density at radius 3 is 2.49 bits per heavy atom. The zero-order valence-corrected chi connectivity index (χ0v) is 20.5. The van der Waals surface area contributed by atoms with E-state index in [9.17, 15) is 18.0 Å². The maximum absolute atomic E-state index is 13.3. The maximum atomic E-state index is 13.3. The van der Waals surface area contributed by atoms with Crippen LogP contribution in [-0.2, 0) is 16.6 Å². The molecular weight excluding hydrogens is 464 g/mol. The van der Waals surface area contributed by atoms with E-state index in [0.717, 1.165) is 5.56 Å². The lowest BCUT2D eigenvalue weighted by molar-refractivity contribution is 0.0949. The molecule has 1 amide bonds. The zero-order chi connectivity index (χ0) is 25.2. The molecule has 9 heteroatoms. The van der Waals surface area contributed by atoms with Crippen molar-refractivity contribution in [3.8, 4) is 0 Å². The van der Waals surface area contributed by atoms with E-state index in [4.69, 9.17) is 0 Å². The monoisotopic (exact) mass is 490 g/mol. The summed E-state index contributed by atoms with van der Waals surface area (Å²) >= 11 is 0. The molecule has 0 aliphatic rings. The molecule has 2 heterocycles. The fraction of sp³-hybridized carbons (Fsp3) is 0.192. The Bertz CT molecular complexity index is 1530. The largest absolute Gasteiger partial charge is 0.360 e. The average Bonchev–Trinajstić information content (AvgIpc) is 2.87. The molecule has 0 radical (unpaired) electrons. The topological polar surface area (TPSA) is 112 Å². The van der Waals surface area contributed by atoms with Crippen molar-refractivity contribution in [2.75, 3.05) is 11.4 Å². The Morgan fingerprint density at radius 2 is 1.83 bits per heavy atom. The fourth-order valence-electron chi connectivity index (χ4n) is 3.66. The van der Waals surface area contributed by atoms with E-state index in [-0.39, 0.29) is 22.4 Å². The number of nitrogens with one attached hydrogen (secondary N) is 2. The van der Waals surface area contributed by atoms with Crippen molar-refractivity contribution < 1.29 is 13.2 Å². The van der Waals surface area contributed by atoms with Crippen molar-refractivity contribution >= 4 is 32.5 Å². The number of hydrogen-bond acceptors (Lipinski definition) is 5. The Kier molecular flexibility index (Phi) is 6.70. The number of carbonyl (C=O) groups is 1. The molecular formula is C26H26N4O4S. The van der Waals surface area contributed by atoms with Gasteiger partial charge < -0.3 is 10.3 Å². The van der Waals surface area contributed by atoms with Crippen LogP contribution >= 0.6 is 0 Å². The van der Waals surface area contributed by atoms with Crippen molar-refractivity contribution in [3.05, 3.63) is 100 Å². The van der Waals surface area contributed by atoms with E-state index >= 15 is 0 Å². The highest BCUT2D eigenvalue weighted by Gasteiger charge is 2.23. The van der Waals surface area contributed by atoms with Crippen LogP contribution in [0, 0.1) is 0 Å². The van der Waals surface area contributed by atoms with E-state index in [2.05, 4.69) is 29.1 Å². The van der Waals surface area contributed by atoms with Gasteiger partial charge in [0.15, 0.2) is 0 Å². The Labute approximate surface area is 203 Å². The van der Waals surface area contributed by atoms with Crippen LogP contribution in [0.15, 0.2) is 82.7 Å². The summed E-state index contributed by atoms with van der Waals surface area (Å²) in [4.78, 5) is 32.7. The molecule has 0 spiro atoms. The third-order valence-electron chi connectivity index (χ3n) is 5.83. The quantitative estimate of drug-likeness (QED) is 0.409. The Hall–Kier alpha value is -3.98. The molecule has 0 aliphatic heterocycles. The normalized spacial score (nSPS) is 11.5. The predicted octanol–water partition coefficient (Wildman–Crippen LogP) is 3.80. The second-order valence-electron chi connectivity index (χ2n) is 8.46. The second-order valence-corrected chi connectivity index (χ2v) is 10.4. The van der Waals surface area contributed by atoms with E-state index < -0.39 is 21.4 Å². The molecule has 4 rings (SSSR count). The van der Waals surface area contributed by atoms with Crippen LogP contribution in [0.25, 0.3) is 10.9 Å². The highest BCUT2D eigenvalue weighted by atomic mass is 32.2. The number of benzene rings is 2. The number of amides is 1. The van der Waals surface area contributed by atoms with Gasteiger partial charge in [-0.1, -0.05) is 32.0 Å². The van der Waals surface area contributed by atoms with Gasteiger partial charge in [-0.15, -0.1) is 0 Å². The van der Waals surface area contributed by atoms with Gasteiger partial charge in [0, 0.05) is 30.3 Å². The molecule has 4 aromatic rings. The fourth-order valence-corrected chi connectivity index (χ4v) is 4.88. The summed E-state index contributed by atoms with van der Waals surface area (Å²) in [5, 5.41) is 2.78. The summed E-state index contributed by atoms with van der Waals surface area (Å²) in [6.45, 7) is 4.29. The summed E-state index contributed by atoms with van der Waals surface area (Å²) in [7, 11) is -2.47. The average molecular weight is 491 g/mol. The van der Waals surface area contributed by atoms with Crippen molar-refractivity contribution in [3.63, 3.8) is 0 Å². The predicted molar refractivity (Wildman–Crippen MR) is 136 cm³/mol. The maximum Gasteiger partial charge on any atom is 0.264 e. The molecule has 0 aliphatic carbocycles. The highest BCUT2D eigenvalue weighted by Crippen LogP contribution is 2.25. The molecule has 0 saturated carbocycles. The van der Waals surface area contributed by atoms with Crippen LogP contribution in [-0.4, -0.2) is 31.3 Å². The first-order chi connectivity index (χ1) is 16.7. The Balaban J connectivity index is 1.64. The lowest BCUT2D eigenvalue weighted by Crippen LogP contribution is -2.29. The number of carbonyl (C=O) groups excluding carboxylic acids is 1. The number of aromatic amines is 1. The number of pyridine rings is 2. The first-order valence-electron chi connectivity index (χ1n) is 11.1. The SMILES string of the molecule is CC(C)c1ccc(N(C)S(=O)(=O)c2ccc3[nH]cc(C(=O)NCc4ccccn4)c(=O)c3c2)cc1. The van der Waals surface area contributed by atoms with Gasteiger partial charge in [-0.3, -0.25) is 18.9 Å². The van der Waals surface area contributed by atoms with Gasteiger partial charge >= 0.3 is 0 Å². The highest BCUT2D eigenvalue weighted by molar-refractivity contribution is 7.92. The molecule has 2 N–H and O–H groups in total. The van der Waals surface area contributed by atoms with Crippen LogP contribution in [0.4, 0.5) is 5.69 Å². The first-order valence-corrected chi connectivity index (χ1v) is 12.5. The van der Waals surface area contributed by atoms with Gasteiger partial charge in [0.2, 0.25) is 5.43 Å². The van der Waals surface area contributed by atoms with Crippen molar-refractivity contribution in [2.24, 2.45) is 0 Å². The minimum atomic E-state index is -3.94. The molecule has 0 unspecified atom stereocenters. The van der Waals surface area contributed by atoms with Gasteiger partial charge in [-0.05, 0) is 53.9 Å². The summed E-state index contributed by atoms with van der Waals surface area (Å²) < 4.78 is 27.8. The molecule has 0 atom stereocenters. The number of nitrogens with zero attached hydrogens (tertiary/aromatic N) is 2. The van der Waals surface area contributed by atoms with Crippen molar-refractivity contribution in [1.29, 1.82) is 0 Å². The van der Waals surface area contributed by atoms with E-state index in [1.165, 1.54) is 35.7 Å². The Morgan fingerprint density at radius 1 is 1.09 bits per heavy atom. The zero-order valence-electron chi connectivity index (χ0n) is 19.6. The van der Waals surface area contributed by atoms with E-state index in [0.29, 0.717) is 22.8 Å². The minimum absolute atomic E-state index is 0.0445. The minimum Gasteiger partial charge on any atom is -0.360 e. The molecule has 0 bridgehead atoms. The number of fused-ring (bicyclic) bond motifs is 1. The number of H-pyrrole nitrogens is 1. The van der Waals surface area contributed by atoms with Crippen LogP contribution in [0.1, 0.15) is 41.4 Å². The third-order valence-corrected chi connectivity index (χ3v) is 7.62. The first kappa shape index (κ1) is 24.2. The van der Waals surface area contributed by atoms with Crippen LogP contribution < -0.4 is 15.1 Å². The molecule has 0 saturated heterocycles. The number of sulfonamides is 1. The summed E-state index contributed by atoms with van der Waals surface area (Å²) in [5.41, 5.74) is 2.02. The van der Waals surface area contributed by atoms with Crippen molar-refractivity contribution in [1.82, 2.24) is 15.3 Å². The molecule has 0 fully saturated rings. The smallest absolute Gasteiger partial charge is 0.264 e. The summed E-state index contributed by atoms with van der Waals surface area (Å²) in [5.74, 6) is -0.247. The standard InChI is InChI=1S/C26H26N4O4S/c1-17(2)18-7-9-20(10-8-18)30(3)35(33,34)21-11-12-24-22(14-21)25(31)23(16-28-24)26(32)29-15-19-6-4-5-13-27-19/h4-14,16-17H,15H2,1-3H3,(H,28,31)(H,29,32). The van der Waals surface area contributed by atoms with Gasteiger partial charge in [0.05, 0.1) is 22.8 Å². The summed E-state index contributed by atoms with van der Waals surface area (Å²) in [6.07, 6.45) is 2.94. The lowest BCUT2D eigenvalue weighted by Gasteiger charge is -2.20. The van der Waals surface area contributed by atoms with Crippen LogP contribution in [0.5, 0.6) is 0 Å². The molecule has 2 aromatic heterocycles. The van der Waals surface area contributed by atoms with Gasteiger partial charge in [-0.25, -0.2) is 8.42 Å². The number of rotatable bonds is 7. The van der Waals surface area contributed by atoms with Crippen LogP contribution in [0.2, 0.25) is 0 Å². The van der Waals surface area contributed by atoms with Crippen molar-refractivity contribution in [2.45, 2.75) is 31.2 Å². The van der Waals surface area contributed by atoms with E-state index in [1.807, 2.05) is 12.1 Å². The van der Waals surface area contributed by atoms with Gasteiger partial charge in [-0.2, -0.15) is 0 Å². The van der Waals surface area contributed by atoms with Crippen LogP contribution in [0.3, 0.4) is 0 Å². The number of hydrogen-bond donors (Lipinski definition) is 2. The van der Waals surface area contributed by atoms with E-state index in [1.54, 1.807) is 36.5 Å². The second kappa shape index (κ2) is 9.71. The number of anilines is 1. The molecule has 35 heavy (non-hydrogen) atoms. The van der Waals surface area contributed by atoms with Gasteiger partial charge in [0.1, 0.15) is 5.56 Å². The molecule has 180 valence electrons.